The lowest BCUT2D eigenvalue weighted by atomic mass is 10.2. The van der Waals surface area contributed by atoms with Crippen LogP contribution in [0.3, 0.4) is 0 Å². The van der Waals surface area contributed by atoms with Crippen molar-refractivity contribution in [1.82, 2.24) is 0 Å². The number of hydrogen-bond acceptors (Lipinski definition) is 4. The van der Waals surface area contributed by atoms with Crippen LogP contribution in [0.5, 0.6) is 11.5 Å². The quantitative estimate of drug-likeness (QED) is 0.885. The van der Waals surface area contributed by atoms with Crippen LogP contribution in [-0.4, -0.2) is 25.3 Å². The highest BCUT2D eigenvalue weighted by Gasteiger charge is 2.11. The summed E-state index contributed by atoms with van der Waals surface area (Å²) in [7, 11) is 1.56. The molecular weight excluding hydrogens is 276 g/mol. The standard InChI is InChI=1S/C18H22N2O2/c1-22-18-12-14(4-9-17(18)21)13-19-15-5-7-16(8-6-15)20-10-2-3-11-20/h4-9,12,19,21H,2-3,10-11,13H2,1H3. The molecule has 3 rings (SSSR count). The maximum atomic E-state index is 9.60. The lowest BCUT2D eigenvalue weighted by Crippen LogP contribution is -2.17. The van der Waals surface area contributed by atoms with Gasteiger partial charge in [0, 0.05) is 31.0 Å². The third-order valence-electron chi connectivity index (χ3n) is 4.08. The van der Waals surface area contributed by atoms with Gasteiger partial charge >= 0.3 is 0 Å². The van der Waals surface area contributed by atoms with Crippen LogP contribution >= 0.6 is 0 Å². The number of benzene rings is 2. The second kappa shape index (κ2) is 6.60. The lowest BCUT2D eigenvalue weighted by molar-refractivity contribution is 0.373. The van der Waals surface area contributed by atoms with Crippen molar-refractivity contribution in [3.8, 4) is 11.5 Å². The first-order valence-electron chi connectivity index (χ1n) is 7.71. The minimum absolute atomic E-state index is 0.168. The highest BCUT2D eigenvalue weighted by molar-refractivity contribution is 5.55. The first-order valence-corrected chi connectivity index (χ1v) is 7.71. The van der Waals surface area contributed by atoms with Gasteiger partial charge in [-0.15, -0.1) is 0 Å². The van der Waals surface area contributed by atoms with Crippen LogP contribution in [0.15, 0.2) is 42.5 Å². The first kappa shape index (κ1) is 14.6. The van der Waals surface area contributed by atoms with E-state index in [1.807, 2.05) is 12.1 Å². The average Bonchev–Trinajstić information content (AvgIpc) is 3.09. The van der Waals surface area contributed by atoms with Crippen LogP contribution in [0.25, 0.3) is 0 Å². The normalized spacial score (nSPS) is 14.1. The Morgan fingerprint density at radius 2 is 1.82 bits per heavy atom. The van der Waals surface area contributed by atoms with Gasteiger partial charge < -0.3 is 20.1 Å². The number of rotatable bonds is 5. The highest BCUT2D eigenvalue weighted by Crippen LogP contribution is 2.27. The van der Waals surface area contributed by atoms with Gasteiger partial charge in [0.1, 0.15) is 0 Å². The summed E-state index contributed by atoms with van der Waals surface area (Å²) in [6.45, 7) is 3.03. The molecule has 4 nitrogen and oxygen atoms in total. The van der Waals surface area contributed by atoms with Gasteiger partial charge in [0.25, 0.3) is 0 Å². The molecule has 1 fully saturated rings. The van der Waals surface area contributed by atoms with Gasteiger partial charge in [0.15, 0.2) is 11.5 Å². The van der Waals surface area contributed by atoms with Gasteiger partial charge in [-0.05, 0) is 54.8 Å². The van der Waals surface area contributed by atoms with Crippen LogP contribution < -0.4 is 15.0 Å². The summed E-state index contributed by atoms with van der Waals surface area (Å²) >= 11 is 0. The third kappa shape index (κ3) is 3.27. The van der Waals surface area contributed by atoms with E-state index in [4.69, 9.17) is 4.74 Å². The molecule has 1 heterocycles. The van der Waals surface area contributed by atoms with E-state index in [9.17, 15) is 5.11 Å². The first-order chi connectivity index (χ1) is 10.8. The molecule has 22 heavy (non-hydrogen) atoms. The summed E-state index contributed by atoms with van der Waals surface area (Å²) in [5.41, 5.74) is 3.46. The van der Waals surface area contributed by atoms with Crippen molar-refractivity contribution in [2.75, 3.05) is 30.4 Å². The molecule has 0 unspecified atom stereocenters. The molecule has 0 spiro atoms. The fourth-order valence-electron chi connectivity index (χ4n) is 2.80. The third-order valence-corrected chi connectivity index (χ3v) is 4.08. The topological polar surface area (TPSA) is 44.7 Å². The van der Waals surface area contributed by atoms with Crippen LogP contribution in [0, 0.1) is 0 Å². The average molecular weight is 298 g/mol. The number of aromatic hydroxyl groups is 1. The number of hydrogen-bond donors (Lipinski definition) is 2. The van der Waals surface area contributed by atoms with Crippen LogP contribution in [0.2, 0.25) is 0 Å². The number of phenolic OH excluding ortho intramolecular Hbond substituents is 1. The summed E-state index contributed by atoms with van der Waals surface area (Å²) in [5, 5.41) is 13.0. The number of nitrogens with one attached hydrogen (secondary N) is 1. The highest BCUT2D eigenvalue weighted by atomic mass is 16.5. The zero-order valence-corrected chi connectivity index (χ0v) is 12.9. The van der Waals surface area contributed by atoms with E-state index in [2.05, 4.69) is 34.5 Å². The van der Waals surface area contributed by atoms with Gasteiger partial charge in [0.2, 0.25) is 0 Å². The van der Waals surface area contributed by atoms with Crippen molar-refractivity contribution in [2.45, 2.75) is 19.4 Å². The number of methoxy groups -OCH3 is 1. The Morgan fingerprint density at radius 3 is 2.50 bits per heavy atom. The van der Waals surface area contributed by atoms with E-state index in [0.717, 1.165) is 11.3 Å². The Balaban J connectivity index is 1.61. The van der Waals surface area contributed by atoms with Crippen molar-refractivity contribution in [3.63, 3.8) is 0 Å². The van der Waals surface area contributed by atoms with E-state index in [0.29, 0.717) is 12.3 Å². The monoisotopic (exact) mass is 298 g/mol. The molecular formula is C18H22N2O2. The van der Waals surface area contributed by atoms with Crippen molar-refractivity contribution >= 4 is 11.4 Å². The maximum Gasteiger partial charge on any atom is 0.160 e. The maximum absolute atomic E-state index is 9.60. The van der Waals surface area contributed by atoms with E-state index in [1.54, 1.807) is 13.2 Å². The Labute approximate surface area is 131 Å². The number of nitrogens with zero attached hydrogens (tertiary/aromatic N) is 1. The fourth-order valence-corrected chi connectivity index (χ4v) is 2.80. The minimum atomic E-state index is 0.168. The molecule has 2 aromatic rings. The Hall–Kier alpha value is -2.36. The number of anilines is 2. The summed E-state index contributed by atoms with van der Waals surface area (Å²) < 4.78 is 5.13. The summed E-state index contributed by atoms with van der Waals surface area (Å²) in [4.78, 5) is 2.43. The smallest absolute Gasteiger partial charge is 0.160 e. The molecule has 4 heteroatoms. The molecule has 0 aromatic heterocycles. The van der Waals surface area contributed by atoms with Crippen molar-refractivity contribution in [3.05, 3.63) is 48.0 Å². The fraction of sp³-hybridized carbons (Fsp3) is 0.333. The summed E-state index contributed by atoms with van der Waals surface area (Å²) in [5.74, 6) is 0.671. The van der Waals surface area contributed by atoms with Crippen molar-refractivity contribution < 1.29 is 9.84 Å². The summed E-state index contributed by atoms with van der Waals surface area (Å²) in [6.07, 6.45) is 2.59. The molecule has 0 saturated carbocycles. The second-order valence-corrected chi connectivity index (χ2v) is 5.60. The zero-order chi connectivity index (χ0) is 15.4. The minimum Gasteiger partial charge on any atom is -0.504 e. The van der Waals surface area contributed by atoms with E-state index < -0.39 is 0 Å². The molecule has 0 aliphatic carbocycles. The molecule has 2 aromatic carbocycles. The van der Waals surface area contributed by atoms with Crippen molar-refractivity contribution in [1.29, 1.82) is 0 Å². The second-order valence-electron chi connectivity index (χ2n) is 5.60. The van der Waals surface area contributed by atoms with Crippen molar-refractivity contribution in [2.24, 2.45) is 0 Å². The molecule has 0 atom stereocenters. The van der Waals surface area contributed by atoms with Gasteiger partial charge in [-0.2, -0.15) is 0 Å². The lowest BCUT2D eigenvalue weighted by Gasteiger charge is -2.18. The molecule has 1 aliphatic heterocycles. The Kier molecular flexibility index (Phi) is 4.37. The van der Waals surface area contributed by atoms with Gasteiger partial charge in [-0.1, -0.05) is 6.07 Å². The Bertz CT molecular complexity index is 619. The zero-order valence-electron chi connectivity index (χ0n) is 12.9. The predicted octanol–water partition coefficient (Wildman–Crippen LogP) is 3.61. The van der Waals surface area contributed by atoms with E-state index in [1.165, 1.54) is 31.6 Å². The number of phenols is 1. The van der Waals surface area contributed by atoms with Gasteiger partial charge in [-0.25, -0.2) is 0 Å². The molecule has 2 N–H and O–H groups in total. The Morgan fingerprint density at radius 1 is 1.09 bits per heavy atom. The SMILES string of the molecule is COc1cc(CNc2ccc(N3CCCC3)cc2)ccc1O. The van der Waals surface area contributed by atoms with Crippen LogP contribution in [0.4, 0.5) is 11.4 Å². The molecule has 116 valence electrons. The van der Waals surface area contributed by atoms with Gasteiger partial charge in [0.05, 0.1) is 7.11 Å². The van der Waals surface area contributed by atoms with E-state index in [-0.39, 0.29) is 5.75 Å². The van der Waals surface area contributed by atoms with Crippen LogP contribution in [-0.2, 0) is 6.54 Å². The predicted molar refractivity (Wildman–Crippen MR) is 89.9 cm³/mol. The molecule has 0 radical (unpaired) electrons. The molecule has 1 saturated heterocycles. The largest absolute Gasteiger partial charge is 0.504 e. The van der Waals surface area contributed by atoms with Gasteiger partial charge in [-0.3, -0.25) is 0 Å². The van der Waals surface area contributed by atoms with E-state index >= 15 is 0 Å². The number of ether oxygens (including phenoxy) is 1. The molecule has 0 amide bonds. The molecule has 0 bridgehead atoms. The molecule has 1 aliphatic rings. The summed E-state index contributed by atoms with van der Waals surface area (Å²) in [6, 6.07) is 14.0. The van der Waals surface area contributed by atoms with Crippen LogP contribution in [0.1, 0.15) is 18.4 Å².